The van der Waals surface area contributed by atoms with Crippen LogP contribution in [-0.4, -0.2) is 55.0 Å². The fraction of sp³-hybridized carbons (Fsp3) is 0.933. The van der Waals surface area contributed by atoms with Crippen LogP contribution in [0.4, 0.5) is 0 Å². The van der Waals surface area contributed by atoms with Crippen molar-refractivity contribution in [2.75, 3.05) is 27.2 Å². The Balaban J connectivity index is 2.74. The minimum absolute atomic E-state index is 0.126. The molecular weight excluding hydrogens is 238 g/mol. The molecule has 1 aliphatic carbocycles. The van der Waals surface area contributed by atoms with E-state index in [9.17, 15) is 4.79 Å². The van der Waals surface area contributed by atoms with E-state index in [2.05, 4.69) is 4.90 Å². The molecule has 19 heavy (non-hydrogen) atoms. The fourth-order valence-electron chi connectivity index (χ4n) is 2.55. The van der Waals surface area contributed by atoms with Crippen LogP contribution < -0.4 is 5.73 Å². The van der Waals surface area contributed by atoms with Crippen molar-refractivity contribution < 1.29 is 4.79 Å². The highest BCUT2D eigenvalue weighted by molar-refractivity contribution is 5.82. The van der Waals surface area contributed by atoms with Crippen LogP contribution in [0, 0.1) is 5.41 Å². The van der Waals surface area contributed by atoms with Crippen molar-refractivity contribution in [3.05, 3.63) is 0 Å². The van der Waals surface area contributed by atoms with Gasteiger partial charge in [-0.05, 0) is 32.4 Å². The number of carbonyl (C=O) groups excluding carboxylic acids is 1. The first-order chi connectivity index (χ1) is 8.73. The SMILES string of the molecule is CN(C)CCN(C(=O)[C@@H](N)C(C)(C)C)C1CCCC1. The van der Waals surface area contributed by atoms with E-state index in [1.807, 2.05) is 39.8 Å². The fourth-order valence-corrected chi connectivity index (χ4v) is 2.55. The first-order valence-corrected chi connectivity index (χ1v) is 7.44. The van der Waals surface area contributed by atoms with Crippen molar-refractivity contribution in [1.29, 1.82) is 0 Å². The maximum atomic E-state index is 12.7. The quantitative estimate of drug-likeness (QED) is 0.826. The van der Waals surface area contributed by atoms with Crippen LogP contribution >= 0.6 is 0 Å². The molecule has 1 fully saturated rings. The number of nitrogens with zero attached hydrogens (tertiary/aromatic N) is 2. The Morgan fingerprint density at radius 1 is 1.21 bits per heavy atom. The van der Waals surface area contributed by atoms with Gasteiger partial charge in [0.15, 0.2) is 0 Å². The largest absolute Gasteiger partial charge is 0.337 e. The number of hydrogen-bond acceptors (Lipinski definition) is 3. The smallest absolute Gasteiger partial charge is 0.240 e. The van der Waals surface area contributed by atoms with E-state index in [1.165, 1.54) is 12.8 Å². The van der Waals surface area contributed by atoms with Gasteiger partial charge >= 0.3 is 0 Å². The molecule has 0 aromatic heterocycles. The number of likely N-dealkylation sites (N-methyl/N-ethyl adjacent to an activating group) is 1. The molecule has 112 valence electrons. The standard InChI is InChI=1S/C15H31N3O/c1-15(2,3)13(16)14(19)18(11-10-17(4)5)12-8-6-7-9-12/h12-13H,6-11,16H2,1-5H3/t13-/m1/s1. The molecule has 0 heterocycles. The third-order valence-corrected chi connectivity index (χ3v) is 4.04. The normalized spacial score (nSPS) is 18.9. The van der Waals surface area contributed by atoms with Crippen molar-refractivity contribution in [2.24, 2.45) is 11.1 Å². The van der Waals surface area contributed by atoms with Crippen molar-refractivity contribution in [2.45, 2.75) is 58.5 Å². The highest BCUT2D eigenvalue weighted by Gasteiger charge is 2.34. The summed E-state index contributed by atoms with van der Waals surface area (Å²) in [7, 11) is 4.09. The average Bonchev–Trinajstić information content (AvgIpc) is 2.80. The number of amides is 1. The van der Waals surface area contributed by atoms with Gasteiger partial charge in [0, 0.05) is 19.1 Å². The monoisotopic (exact) mass is 269 g/mol. The summed E-state index contributed by atoms with van der Waals surface area (Å²) < 4.78 is 0. The summed E-state index contributed by atoms with van der Waals surface area (Å²) in [5, 5.41) is 0. The van der Waals surface area contributed by atoms with E-state index in [-0.39, 0.29) is 11.3 Å². The van der Waals surface area contributed by atoms with Gasteiger partial charge < -0.3 is 15.5 Å². The zero-order valence-corrected chi connectivity index (χ0v) is 13.3. The summed E-state index contributed by atoms with van der Waals surface area (Å²) in [5.74, 6) is 0.126. The Hall–Kier alpha value is -0.610. The van der Waals surface area contributed by atoms with Crippen molar-refractivity contribution in [1.82, 2.24) is 9.80 Å². The summed E-state index contributed by atoms with van der Waals surface area (Å²) in [6.45, 7) is 7.80. The Bertz CT molecular complexity index is 290. The number of hydrogen-bond donors (Lipinski definition) is 1. The number of nitrogens with two attached hydrogens (primary N) is 1. The van der Waals surface area contributed by atoms with Crippen molar-refractivity contribution in [3.8, 4) is 0 Å². The maximum absolute atomic E-state index is 12.7. The molecule has 1 atom stereocenters. The van der Waals surface area contributed by atoms with Gasteiger partial charge in [-0.25, -0.2) is 0 Å². The van der Waals surface area contributed by atoms with Gasteiger partial charge in [0.1, 0.15) is 0 Å². The molecule has 0 unspecified atom stereocenters. The second kappa shape index (κ2) is 6.71. The first-order valence-electron chi connectivity index (χ1n) is 7.44. The molecule has 0 radical (unpaired) electrons. The zero-order valence-electron chi connectivity index (χ0n) is 13.3. The van der Waals surface area contributed by atoms with Gasteiger partial charge in [0.2, 0.25) is 5.91 Å². The van der Waals surface area contributed by atoms with E-state index >= 15 is 0 Å². The van der Waals surface area contributed by atoms with Gasteiger partial charge in [0.05, 0.1) is 6.04 Å². The molecule has 4 nitrogen and oxygen atoms in total. The van der Waals surface area contributed by atoms with Crippen LogP contribution in [0.1, 0.15) is 46.5 Å². The van der Waals surface area contributed by atoms with Crippen LogP contribution in [0.15, 0.2) is 0 Å². The molecule has 0 bridgehead atoms. The molecule has 0 spiro atoms. The number of carbonyl (C=O) groups is 1. The summed E-state index contributed by atoms with van der Waals surface area (Å²) >= 11 is 0. The van der Waals surface area contributed by atoms with Crippen molar-refractivity contribution >= 4 is 5.91 Å². The molecule has 1 saturated carbocycles. The number of rotatable bonds is 5. The third kappa shape index (κ3) is 4.77. The highest BCUT2D eigenvalue weighted by atomic mass is 16.2. The molecule has 4 heteroatoms. The summed E-state index contributed by atoms with van der Waals surface area (Å²) in [4.78, 5) is 16.8. The Kier molecular flexibility index (Phi) is 5.81. The van der Waals surface area contributed by atoms with E-state index in [1.54, 1.807) is 0 Å². The molecule has 0 aromatic rings. The van der Waals surface area contributed by atoms with E-state index < -0.39 is 6.04 Å². The summed E-state index contributed by atoms with van der Waals surface area (Å²) in [6.07, 6.45) is 4.74. The van der Waals surface area contributed by atoms with Gasteiger partial charge in [0.25, 0.3) is 0 Å². The van der Waals surface area contributed by atoms with Crippen LogP contribution in [0.3, 0.4) is 0 Å². The van der Waals surface area contributed by atoms with Crippen LogP contribution in [0.25, 0.3) is 0 Å². The lowest BCUT2D eigenvalue weighted by Crippen LogP contribution is -2.54. The van der Waals surface area contributed by atoms with Gasteiger partial charge in [-0.2, -0.15) is 0 Å². The first kappa shape index (κ1) is 16.4. The van der Waals surface area contributed by atoms with E-state index in [0.29, 0.717) is 6.04 Å². The average molecular weight is 269 g/mol. The van der Waals surface area contributed by atoms with Gasteiger partial charge in [-0.15, -0.1) is 0 Å². The lowest BCUT2D eigenvalue weighted by molar-refractivity contribution is -0.137. The third-order valence-electron chi connectivity index (χ3n) is 4.04. The molecule has 1 amide bonds. The molecule has 0 saturated heterocycles. The topological polar surface area (TPSA) is 49.6 Å². The van der Waals surface area contributed by atoms with E-state index in [4.69, 9.17) is 5.73 Å². The predicted octanol–water partition coefficient (Wildman–Crippen LogP) is 1.69. The molecular formula is C15H31N3O. The van der Waals surface area contributed by atoms with Crippen molar-refractivity contribution in [3.63, 3.8) is 0 Å². The second-order valence-electron chi connectivity index (χ2n) is 7.12. The second-order valence-corrected chi connectivity index (χ2v) is 7.12. The van der Waals surface area contributed by atoms with Gasteiger partial charge in [-0.1, -0.05) is 33.6 Å². The minimum atomic E-state index is -0.407. The molecule has 0 aliphatic heterocycles. The molecule has 0 aromatic carbocycles. The van der Waals surface area contributed by atoms with Crippen LogP contribution in [-0.2, 0) is 4.79 Å². The minimum Gasteiger partial charge on any atom is -0.337 e. The molecule has 1 rings (SSSR count). The van der Waals surface area contributed by atoms with Crippen LogP contribution in [0.5, 0.6) is 0 Å². The lowest BCUT2D eigenvalue weighted by atomic mass is 9.86. The molecule has 2 N–H and O–H groups in total. The Morgan fingerprint density at radius 3 is 2.16 bits per heavy atom. The highest BCUT2D eigenvalue weighted by Crippen LogP contribution is 2.26. The summed E-state index contributed by atoms with van der Waals surface area (Å²) in [5.41, 5.74) is 5.99. The predicted molar refractivity (Wildman–Crippen MR) is 80.0 cm³/mol. The van der Waals surface area contributed by atoms with E-state index in [0.717, 1.165) is 25.9 Å². The lowest BCUT2D eigenvalue weighted by Gasteiger charge is -2.36. The summed E-state index contributed by atoms with van der Waals surface area (Å²) in [6, 6.07) is -0.00360. The molecule has 1 aliphatic rings. The van der Waals surface area contributed by atoms with Crippen LogP contribution in [0.2, 0.25) is 0 Å². The maximum Gasteiger partial charge on any atom is 0.240 e. The Labute approximate surface area is 118 Å². The Morgan fingerprint density at radius 2 is 1.74 bits per heavy atom. The van der Waals surface area contributed by atoms with Gasteiger partial charge in [-0.3, -0.25) is 4.79 Å². The zero-order chi connectivity index (χ0) is 14.6.